The molecule has 1 unspecified atom stereocenters. The SMILES string of the molecule is CC(C)C1CCCN(C(=O)CCCO)CC1. The van der Waals surface area contributed by atoms with E-state index >= 15 is 0 Å². The normalized spacial score (nSPS) is 22.2. The van der Waals surface area contributed by atoms with E-state index in [0.29, 0.717) is 12.8 Å². The van der Waals surface area contributed by atoms with Crippen molar-refractivity contribution >= 4 is 5.91 Å². The van der Waals surface area contributed by atoms with Crippen molar-refractivity contribution in [3.05, 3.63) is 0 Å². The number of carbonyl (C=O) groups is 1. The molecule has 16 heavy (non-hydrogen) atoms. The summed E-state index contributed by atoms with van der Waals surface area (Å²) in [5.74, 6) is 1.72. The summed E-state index contributed by atoms with van der Waals surface area (Å²) < 4.78 is 0. The van der Waals surface area contributed by atoms with Crippen LogP contribution in [0.15, 0.2) is 0 Å². The van der Waals surface area contributed by atoms with E-state index in [0.717, 1.165) is 37.8 Å². The fourth-order valence-electron chi connectivity index (χ4n) is 2.43. The summed E-state index contributed by atoms with van der Waals surface area (Å²) in [7, 11) is 0. The van der Waals surface area contributed by atoms with E-state index in [9.17, 15) is 4.79 Å². The van der Waals surface area contributed by atoms with Crippen LogP contribution in [-0.2, 0) is 4.79 Å². The number of aliphatic hydroxyl groups excluding tert-OH is 1. The molecule has 0 spiro atoms. The summed E-state index contributed by atoms with van der Waals surface area (Å²) in [6.45, 7) is 6.48. The van der Waals surface area contributed by atoms with Crippen LogP contribution in [0.25, 0.3) is 0 Å². The Hall–Kier alpha value is -0.570. The molecule has 1 saturated heterocycles. The van der Waals surface area contributed by atoms with Crippen molar-refractivity contribution in [1.29, 1.82) is 0 Å². The Balaban J connectivity index is 2.37. The van der Waals surface area contributed by atoms with Gasteiger partial charge in [0, 0.05) is 26.1 Å². The zero-order valence-corrected chi connectivity index (χ0v) is 10.6. The summed E-state index contributed by atoms with van der Waals surface area (Å²) in [5, 5.41) is 8.71. The molecule has 1 amide bonds. The van der Waals surface area contributed by atoms with Gasteiger partial charge in [-0.3, -0.25) is 4.79 Å². The Bertz CT molecular complexity index is 216. The van der Waals surface area contributed by atoms with Crippen LogP contribution in [0.4, 0.5) is 0 Å². The maximum atomic E-state index is 11.8. The molecule has 0 aromatic heterocycles. The first-order valence-corrected chi connectivity index (χ1v) is 6.53. The van der Waals surface area contributed by atoms with Gasteiger partial charge in [-0.1, -0.05) is 13.8 Å². The Morgan fingerprint density at radius 2 is 2.12 bits per heavy atom. The van der Waals surface area contributed by atoms with E-state index in [-0.39, 0.29) is 12.5 Å². The van der Waals surface area contributed by atoms with Crippen molar-refractivity contribution in [1.82, 2.24) is 4.90 Å². The van der Waals surface area contributed by atoms with Crippen molar-refractivity contribution < 1.29 is 9.90 Å². The molecule has 1 rings (SSSR count). The maximum Gasteiger partial charge on any atom is 0.222 e. The van der Waals surface area contributed by atoms with Crippen LogP contribution >= 0.6 is 0 Å². The smallest absolute Gasteiger partial charge is 0.222 e. The highest BCUT2D eigenvalue weighted by Gasteiger charge is 2.21. The second-order valence-corrected chi connectivity index (χ2v) is 5.14. The molecule has 1 fully saturated rings. The van der Waals surface area contributed by atoms with Gasteiger partial charge in [-0.25, -0.2) is 0 Å². The first-order chi connectivity index (χ1) is 7.65. The molecule has 3 heteroatoms. The second-order valence-electron chi connectivity index (χ2n) is 5.14. The first kappa shape index (κ1) is 13.5. The molecule has 94 valence electrons. The molecule has 0 radical (unpaired) electrons. The van der Waals surface area contributed by atoms with Crippen LogP contribution in [-0.4, -0.2) is 35.6 Å². The third kappa shape index (κ3) is 4.12. The lowest BCUT2D eigenvalue weighted by atomic mass is 9.89. The van der Waals surface area contributed by atoms with E-state index in [1.165, 1.54) is 6.42 Å². The lowest BCUT2D eigenvalue weighted by Gasteiger charge is -2.21. The molecule has 1 heterocycles. The van der Waals surface area contributed by atoms with Crippen molar-refractivity contribution in [3.63, 3.8) is 0 Å². The van der Waals surface area contributed by atoms with Crippen LogP contribution in [0.3, 0.4) is 0 Å². The van der Waals surface area contributed by atoms with Gasteiger partial charge in [-0.15, -0.1) is 0 Å². The third-order valence-corrected chi connectivity index (χ3v) is 3.62. The monoisotopic (exact) mass is 227 g/mol. The maximum absolute atomic E-state index is 11.8. The largest absolute Gasteiger partial charge is 0.396 e. The van der Waals surface area contributed by atoms with Crippen LogP contribution in [0, 0.1) is 11.8 Å². The molecule has 0 aromatic rings. The van der Waals surface area contributed by atoms with Crippen LogP contribution in [0.1, 0.15) is 46.0 Å². The highest BCUT2D eigenvalue weighted by atomic mass is 16.3. The molecular weight excluding hydrogens is 202 g/mol. The van der Waals surface area contributed by atoms with Crippen molar-refractivity contribution in [2.75, 3.05) is 19.7 Å². The summed E-state index contributed by atoms with van der Waals surface area (Å²) in [6, 6.07) is 0. The number of carbonyl (C=O) groups excluding carboxylic acids is 1. The molecule has 1 aliphatic heterocycles. The Morgan fingerprint density at radius 3 is 2.75 bits per heavy atom. The Kier molecular flexibility index (Phi) is 5.81. The van der Waals surface area contributed by atoms with Gasteiger partial charge in [0.1, 0.15) is 0 Å². The van der Waals surface area contributed by atoms with E-state index in [1.54, 1.807) is 0 Å². The Morgan fingerprint density at radius 1 is 1.38 bits per heavy atom. The molecule has 0 aromatic carbocycles. The van der Waals surface area contributed by atoms with E-state index < -0.39 is 0 Å². The predicted octanol–water partition coefficient (Wildman–Crippen LogP) is 2.04. The lowest BCUT2D eigenvalue weighted by molar-refractivity contribution is -0.131. The van der Waals surface area contributed by atoms with Gasteiger partial charge in [-0.05, 0) is 37.5 Å². The van der Waals surface area contributed by atoms with E-state index in [4.69, 9.17) is 5.11 Å². The number of rotatable bonds is 4. The zero-order chi connectivity index (χ0) is 12.0. The summed E-state index contributed by atoms with van der Waals surface area (Å²) in [6.07, 6.45) is 4.63. The van der Waals surface area contributed by atoms with Gasteiger partial charge < -0.3 is 10.0 Å². The minimum Gasteiger partial charge on any atom is -0.396 e. The van der Waals surface area contributed by atoms with Crippen molar-refractivity contribution in [2.24, 2.45) is 11.8 Å². The predicted molar refractivity (Wildman–Crippen MR) is 65.1 cm³/mol. The number of hydrogen-bond donors (Lipinski definition) is 1. The van der Waals surface area contributed by atoms with Gasteiger partial charge in [-0.2, -0.15) is 0 Å². The molecule has 3 nitrogen and oxygen atoms in total. The second kappa shape index (κ2) is 6.89. The quantitative estimate of drug-likeness (QED) is 0.798. The molecule has 0 aliphatic carbocycles. The van der Waals surface area contributed by atoms with Gasteiger partial charge >= 0.3 is 0 Å². The number of amides is 1. The minimum absolute atomic E-state index is 0.119. The molecule has 1 aliphatic rings. The molecule has 0 bridgehead atoms. The van der Waals surface area contributed by atoms with Crippen molar-refractivity contribution in [3.8, 4) is 0 Å². The fourth-order valence-corrected chi connectivity index (χ4v) is 2.43. The van der Waals surface area contributed by atoms with Gasteiger partial charge in [0.25, 0.3) is 0 Å². The molecular formula is C13H25NO2. The minimum atomic E-state index is 0.119. The lowest BCUT2D eigenvalue weighted by Crippen LogP contribution is -2.32. The topological polar surface area (TPSA) is 40.5 Å². The summed E-state index contributed by atoms with van der Waals surface area (Å²) >= 11 is 0. The average molecular weight is 227 g/mol. The number of aliphatic hydroxyl groups is 1. The highest BCUT2D eigenvalue weighted by molar-refractivity contribution is 5.76. The summed E-state index contributed by atoms with van der Waals surface area (Å²) in [4.78, 5) is 13.8. The number of nitrogens with zero attached hydrogens (tertiary/aromatic N) is 1. The number of likely N-dealkylation sites (tertiary alicyclic amines) is 1. The fraction of sp³-hybridized carbons (Fsp3) is 0.923. The average Bonchev–Trinajstić information content (AvgIpc) is 2.51. The number of hydrogen-bond acceptors (Lipinski definition) is 2. The van der Waals surface area contributed by atoms with Gasteiger partial charge in [0.05, 0.1) is 0 Å². The van der Waals surface area contributed by atoms with Gasteiger partial charge in [0.2, 0.25) is 5.91 Å². The molecule has 1 atom stereocenters. The molecule has 1 N–H and O–H groups in total. The highest BCUT2D eigenvalue weighted by Crippen LogP contribution is 2.24. The van der Waals surface area contributed by atoms with E-state index in [1.807, 2.05) is 4.90 Å². The van der Waals surface area contributed by atoms with Crippen molar-refractivity contribution in [2.45, 2.75) is 46.0 Å². The molecule has 0 saturated carbocycles. The zero-order valence-electron chi connectivity index (χ0n) is 10.6. The van der Waals surface area contributed by atoms with Gasteiger partial charge in [0.15, 0.2) is 0 Å². The summed E-state index contributed by atoms with van der Waals surface area (Å²) in [5.41, 5.74) is 0. The van der Waals surface area contributed by atoms with E-state index in [2.05, 4.69) is 13.8 Å². The van der Waals surface area contributed by atoms with Crippen LogP contribution in [0.2, 0.25) is 0 Å². The first-order valence-electron chi connectivity index (χ1n) is 6.53. The Labute approximate surface area is 98.8 Å². The van der Waals surface area contributed by atoms with Crippen LogP contribution < -0.4 is 0 Å². The third-order valence-electron chi connectivity index (χ3n) is 3.62. The standard InChI is InChI=1S/C13H25NO2/c1-11(2)12-5-3-8-14(9-7-12)13(16)6-4-10-15/h11-12,15H,3-10H2,1-2H3. The van der Waals surface area contributed by atoms with Crippen LogP contribution in [0.5, 0.6) is 0 Å².